The van der Waals surface area contributed by atoms with Gasteiger partial charge < -0.3 is 19.3 Å². The first-order valence-electron chi connectivity index (χ1n) is 8.27. The van der Waals surface area contributed by atoms with Gasteiger partial charge >= 0.3 is 0 Å². The molecule has 0 aromatic carbocycles. The largest absolute Gasteiger partial charge is 0.487 e. The molecule has 24 heavy (non-hydrogen) atoms. The Morgan fingerprint density at radius 3 is 2.62 bits per heavy atom. The van der Waals surface area contributed by atoms with Gasteiger partial charge in [0, 0.05) is 18.8 Å². The highest BCUT2D eigenvalue weighted by molar-refractivity contribution is 9.10. The highest BCUT2D eigenvalue weighted by Crippen LogP contribution is 2.32. The number of hydrogen-bond acceptors (Lipinski definition) is 4. The van der Waals surface area contributed by atoms with Gasteiger partial charge in [-0.3, -0.25) is 9.59 Å². The number of rotatable bonds is 6. The number of carbonyl (C=O) groups is 1. The van der Waals surface area contributed by atoms with Crippen molar-refractivity contribution in [2.75, 3.05) is 19.8 Å². The molecule has 0 aliphatic carbocycles. The number of nitrogens with zero attached hydrogens (tertiary/aromatic N) is 2. The molecule has 1 aliphatic rings. The normalized spacial score (nSPS) is 20.5. The van der Waals surface area contributed by atoms with Crippen LogP contribution in [-0.4, -0.2) is 46.3 Å². The van der Waals surface area contributed by atoms with Gasteiger partial charge in [-0.2, -0.15) is 0 Å². The molecule has 1 aromatic heterocycles. The van der Waals surface area contributed by atoms with E-state index in [0.717, 1.165) is 12.8 Å². The number of aliphatic hydroxyl groups is 1. The topological polar surface area (TPSA) is 71.8 Å². The summed E-state index contributed by atoms with van der Waals surface area (Å²) in [4.78, 5) is 27.2. The number of amides is 1. The summed E-state index contributed by atoms with van der Waals surface area (Å²) in [6.07, 6.45) is 3.30. The zero-order valence-corrected chi connectivity index (χ0v) is 16.2. The maximum Gasteiger partial charge on any atom is 0.274 e. The molecule has 2 rings (SSSR count). The highest BCUT2D eigenvalue weighted by atomic mass is 79.9. The molecule has 1 unspecified atom stereocenters. The molecule has 0 saturated heterocycles. The van der Waals surface area contributed by atoms with Crippen molar-refractivity contribution in [2.24, 2.45) is 0 Å². The fourth-order valence-corrected chi connectivity index (χ4v) is 3.22. The van der Waals surface area contributed by atoms with E-state index < -0.39 is 5.54 Å². The van der Waals surface area contributed by atoms with Crippen molar-refractivity contribution in [1.29, 1.82) is 0 Å². The van der Waals surface area contributed by atoms with Crippen LogP contribution in [0.1, 0.15) is 51.0 Å². The molecular weight excluding hydrogens is 376 g/mol. The third-order valence-corrected chi connectivity index (χ3v) is 4.95. The van der Waals surface area contributed by atoms with Gasteiger partial charge in [-0.15, -0.1) is 0 Å². The van der Waals surface area contributed by atoms with Crippen molar-refractivity contribution in [3.05, 3.63) is 26.6 Å². The van der Waals surface area contributed by atoms with Crippen LogP contribution < -0.4 is 10.2 Å². The number of ether oxygens (including phenoxy) is 1. The van der Waals surface area contributed by atoms with Crippen LogP contribution >= 0.6 is 15.9 Å². The van der Waals surface area contributed by atoms with Crippen LogP contribution in [0.2, 0.25) is 0 Å². The lowest BCUT2D eigenvalue weighted by atomic mass is 9.96. The third kappa shape index (κ3) is 3.24. The summed E-state index contributed by atoms with van der Waals surface area (Å²) in [6, 6.07) is -0.0423. The van der Waals surface area contributed by atoms with E-state index in [1.54, 1.807) is 15.7 Å². The Hall–Kier alpha value is -1.34. The first kappa shape index (κ1) is 19.0. The number of pyridine rings is 1. The number of carbonyl (C=O) groups excluding carboxylic acids is 1. The minimum absolute atomic E-state index is 0.0423. The lowest BCUT2D eigenvalue weighted by Gasteiger charge is -2.44. The van der Waals surface area contributed by atoms with Gasteiger partial charge in [-0.25, -0.2) is 0 Å². The third-order valence-electron chi connectivity index (χ3n) is 4.39. The molecule has 1 amide bonds. The summed E-state index contributed by atoms with van der Waals surface area (Å²) in [5.74, 6) is -0.181. The number of hydrogen-bond donors (Lipinski definition) is 1. The Labute approximate surface area is 150 Å². The van der Waals surface area contributed by atoms with Crippen LogP contribution in [-0.2, 0) is 5.54 Å². The molecule has 1 aromatic rings. The minimum atomic E-state index is -0.716. The van der Waals surface area contributed by atoms with E-state index in [1.807, 2.05) is 27.7 Å². The molecule has 0 spiro atoms. The van der Waals surface area contributed by atoms with Crippen LogP contribution in [0.3, 0.4) is 0 Å². The fourth-order valence-electron chi connectivity index (χ4n) is 2.83. The fraction of sp³-hybridized carbons (Fsp3) is 0.647. The number of unbranched alkanes of at least 4 members (excludes halogenated alkanes) is 1. The molecule has 0 radical (unpaired) electrons. The molecule has 0 fully saturated rings. The quantitative estimate of drug-likeness (QED) is 0.743. The Balaban J connectivity index is 2.67. The Bertz CT molecular complexity index is 686. The van der Waals surface area contributed by atoms with Crippen LogP contribution in [0.15, 0.2) is 15.5 Å². The molecular formula is C17H25BrN2O4. The predicted octanol–water partition coefficient (Wildman–Crippen LogP) is 2.36. The maximum atomic E-state index is 13.0. The second kappa shape index (κ2) is 7.27. The zero-order valence-electron chi connectivity index (χ0n) is 14.6. The van der Waals surface area contributed by atoms with Gasteiger partial charge in [-0.05, 0) is 43.1 Å². The van der Waals surface area contributed by atoms with Gasteiger partial charge in [0.1, 0.15) is 0 Å². The lowest BCUT2D eigenvalue weighted by molar-refractivity contribution is 0.0344. The Kier molecular flexibility index (Phi) is 5.75. The molecule has 6 nitrogen and oxygen atoms in total. The molecule has 134 valence electrons. The lowest BCUT2D eigenvalue weighted by Crippen LogP contribution is -2.57. The van der Waals surface area contributed by atoms with Crippen LogP contribution in [0.5, 0.6) is 5.75 Å². The van der Waals surface area contributed by atoms with E-state index in [0.29, 0.717) is 17.6 Å². The second-order valence-corrected chi connectivity index (χ2v) is 7.59. The molecule has 1 atom stereocenters. The van der Waals surface area contributed by atoms with Crippen molar-refractivity contribution < 1.29 is 14.6 Å². The SMILES string of the molecule is CCCCOc1c2n(cc(Br)c1=O)C(C)(CO)CN(C(C)C)C2=O. The van der Waals surface area contributed by atoms with Gasteiger partial charge in [0.05, 0.1) is 23.2 Å². The van der Waals surface area contributed by atoms with E-state index in [2.05, 4.69) is 15.9 Å². The molecule has 1 aliphatic heterocycles. The molecule has 0 bridgehead atoms. The van der Waals surface area contributed by atoms with Gasteiger partial charge in [0.2, 0.25) is 5.43 Å². The Morgan fingerprint density at radius 2 is 2.08 bits per heavy atom. The van der Waals surface area contributed by atoms with E-state index in [1.165, 1.54) is 0 Å². The second-order valence-electron chi connectivity index (χ2n) is 6.74. The van der Waals surface area contributed by atoms with Crippen molar-refractivity contribution in [1.82, 2.24) is 9.47 Å². The smallest absolute Gasteiger partial charge is 0.274 e. The van der Waals surface area contributed by atoms with Crippen molar-refractivity contribution in [3.63, 3.8) is 0 Å². The summed E-state index contributed by atoms with van der Waals surface area (Å²) < 4.78 is 7.70. The number of aromatic nitrogens is 1. The number of fused-ring (bicyclic) bond motifs is 1. The maximum absolute atomic E-state index is 13.0. The minimum Gasteiger partial charge on any atom is -0.487 e. The van der Waals surface area contributed by atoms with Gasteiger partial charge in [0.15, 0.2) is 11.4 Å². The van der Waals surface area contributed by atoms with Crippen LogP contribution in [0.25, 0.3) is 0 Å². The average molecular weight is 401 g/mol. The highest BCUT2D eigenvalue weighted by Gasteiger charge is 2.42. The monoisotopic (exact) mass is 400 g/mol. The first-order chi connectivity index (χ1) is 11.3. The number of halogens is 1. The van der Waals surface area contributed by atoms with E-state index >= 15 is 0 Å². The first-order valence-corrected chi connectivity index (χ1v) is 9.06. The van der Waals surface area contributed by atoms with E-state index in [-0.39, 0.29) is 35.4 Å². The standard InChI is InChI=1S/C17H25BrN2O4/c1-5-6-7-24-15-13-16(23)19(11(2)3)9-17(4,10-21)20(13)8-12(18)14(15)22/h8,11,21H,5-7,9-10H2,1-4H3. The molecule has 2 heterocycles. The zero-order chi connectivity index (χ0) is 18.1. The van der Waals surface area contributed by atoms with Gasteiger partial charge in [-0.1, -0.05) is 13.3 Å². The summed E-state index contributed by atoms with van der Waals surface area (Å²) in [6.45, 7) is 8.32. The van der Waals surface area contributed by atoms with Crippen LogP contribution in [0, 0.1) is 0 Å². The average Bonchev–Trinajstić information content (AvgIpc) is 2.54. The summed E-state index contributed by atoms with van der Waals surface area (Å²) >= 11 is 3.26. The van der Waals surface area contributed by atoms with E-state index in [4.69, 9.17) is 4.74 Å². The molecule has 7 heteroatoms. The van der Waals surface area contributed by atoms with Gasteiger partial charge in [0.25, 0.3) is 5.91 Å². The summed E-state index contributed by atoms with van der Waals surface area (Å²) in [5, 5.41) is 9.96. The van der Waals surface area contributed by atoms with Crippen molar-refractivity contribution in [3.8, 4) is 5.75 Å². The molecule has 1 N–H and O–H groups in total. The predicted molar refractivity (Wildman–Crippen MR) is 95.7 cm³/mol. The van der Waals surface area contributed by atoms with E-state index in [9.17, 15) is 14.7 Å². The van der Waals surface area contributed by atoms with Crippen molar-refractivity contribution >= 4 is 21.8 Å². The van der Waals surface area contributed by atoms with Crippen molar-refractivity contribution in [2.45, 2.75) is 52.1 Å². The number of aliphatic hydroxyl groups excluding tert-OH is 1. The molecule has 0 saturated carbocycles. The Morgan fingerprint density at radius 1 is 1.42 bits per heavy atom. The summed E-state index contributed by atoms with van der Waals surface area (Å²) in [7, 11) is 0. The summed E-state index contributed by atoms with van der Waals surface area (Å²) in [5.41, 5.74) is -0.834. The van der Waals surface area contributed by atoms with Crippen LogP contribution in [0.4, 0.5) is 0 Å².